The van der Waals surface area contributed by atoms with Gasteiger partial charge in [-0.2, -0.15) is 0 Å². The third kappa shape index (κ3) is 5.84. The predicted molar refractivity (Wildman–Crippen MR) is 60.4 cm³/mol. The highest BCUT2D eigenvalue weighted by Crippen LogP contribution is 2.06. The van der Waals surface area contributed by atoms with E-state index in [4.69, 9.17) is 0 Å². The minimum absolute atomic E-state index is 0.0274. The van der Waals surface area contributed by atoms with Crippen LogP contribution in [-0.4, -0.2) is 31.1 Å². The van der Waals surface area contributed by atoms with Crippen LogP contribution in [0.1, 0.15) is 46.0 Å². The molecule has 0 radical (unpaired) electrons. The molecule has 3 heteroatoms. The number of carbonyl (C=O) groups is 1. The van der Waals surface area contributed by atoms with Crippen molar-refractivity contribution in [1.29, 1.82) is 0 Å². The van der Waals surface area contributed by atoms with Gasteiger partial charge in [0.15, 0.2) is 0 Å². The van der Waals surface area contributed by atoms with Crippen LogP contribution in [0.15, 0.2) is 0 Å². The van der Waals surface area contributed by atoms with E-state index in [1.165, 1.54) is 12.8 Å². The molecule has 0 rings (SSSR count). The summed E-state index contributed by atoms with van der Waals surface area (Å²) in [6.07, 6.45) is 5.70. The molecule has 0 bridgehead atoms. The Balaban J connectivity index is 3.88. The minimum Gasteiger partial charge on any atom is -0.335 e. The smallest absolute Gasteiger partial charge is 0.317 e. The Kier molecular flexibility index (Phi) is 7.25. The Morgan fingerprint density at radius 3 is 2.29 bits per heavy atom. The maximum atomic E-state index is 11.4. The highest BCUT2D eigenvalue weighted by atomic mass is 16.2. The van der Waals surface area contributed by atoms with Gasteiger partial charge in [-0.15, -0.1) is 0 Å². The number of amides is 2. The summed E-state index contributed by atoms with van der Waals surface area (Å²) in [6, 6.07) is 0.384. The molecule has 0 saturated carbocycles. The number of nitrogens with zero attached hydrogens (tertiary/aromatic N) is 1. The quantitative estimate of drug-likeness (QED) is 0.702. The zero-order valence-electron chi connectivity index (χ0n) is 9.97. The van der Waals surface area contributed by atoms with Gasteiger partial charge in [0, 0.05) is 20.1 Å². The predicted octanol–water partition coefficient (Wildman–Crippen LogP) is 2.62. The topological polar surface area (TPSA) is 32.3 Å². The van der Waals surface area contributed by atoms with Crippen molar-refractivity contribution < 1.29 is 4.79 Å². The van der Waals surface area contributed by atoms with E-state index in [0.717, 1.165) is 19.3 Å². The number of urea groups is 1. The van der Waals surface area contributed by atoms with Crippen LogP contribution in [0, 0.1) is 0 Å². The van der Waals surface area contributed by atoms with E-state index in [9.17, 15) is 4.79 Å². The maximum absolute atomic E-state index is 11.4. The van der Waals surface area contributed by atoms with E-state index in [1.54, 1.807) is 19.0 Å². The van der Waals surface area contributed by atoms with Gasteiger partial charge in [0.25, 0.3) is 0 Å². The molecule has 1 atom stereocenters. The van der Waals surface area contributed by atoms with Gasteiger partial charge in [-0.1, -0.05) is 33.1 Å². The largest absolute Gasteiger partial charge is 0.335 e. The lowest BCUT2D eigenvalue weighted by Crippen LogP contribution is -2.41. The van der Waals surface area contributed by atoms with Crippen molar-refractivity contribution >= 4 is 6.03 Å². The molecule has 0 aromatic carbocycles. The van der Waals surface area contributed by atoms with Gasteiger partial charge in [-0.05, 0) is 12.8 Å². The molecule has 0 fully saturated rings. The molecule has 0 aliphatic carbocycles. The Hall–Kier alpha value is -0.730. The first kappa shape index (κ1) is 13.3. The lowest BCUT2D eigenvalue weighted by molar-refractivity contribution is 0.211. The van der Waals surface area contributed by atoms with Crippen molar-refractivity contribution in [3.8, 4) is 0 Å². The van der Waals surface area contributed by atoms with Crippen LogP contribution < -0.4 is 5.32 Å². The number of hydrogen-bond donors (Lipinski definition) is 1. The average molecular weight is 200 g/mol. The van der Waals surface area contributed by atoms with Crippen molar-refractivity contribution in [1.82, 2.24) is 10.2 Å². The van der Waals surface area contributed by atoms with E-state index < -0.39 is 0 Å². The minimum atomic E-state index is 0.0274. The van der Waals surface area contributed by atoms with Crippen LogP contribution in [0.5, 0.6) is 0 Å². The Bertz CT molecular complexity index is 157. The van der Waals surface area contributed by atoms with Crippen molar-refractivity contribution in [2.45, 2.75) is 52.0 Å². The maximum Gasteiger partial charge on any atom is 0.317 e. The molecule has 3 nitrogen and oxygen atoms in total. The van der Waals surface area contributed by atoms with E-state index in [2.05, 4.69) is 19.2 Å². The van der Waals surface area contributed by atoms with Crippen molar-refractivity contribution in [3.05, 3.63) is 0 Å². The third-order valence-electron chi connectivity index (χ3n) is 2.28. The van der Waals surface area contributed by atoms with Gasteiger partial charge in [0.05, 0.1) is 0 Å². The monoisotopic (exact) mass is 200 g/mol. The molecule has 0 aromatic heterocycles. The molecule has 1 unspecified atom stereocenters. The molecule has 0 spiro atoms. The summed E-state index contributed by atoms with van der Waals surface area (Å²) in [5, 5.41) is 3.04. The van der Waals surface area contributed by atoms with Crippen LogP contribution in [-0.2, 0) is 0 Å². The first-order valence-electron chi connectivity index (χ1n) is 5.59. The molecule has 0 aromatic rings. The van der Waals surface area contributed by atoms with Crippen molar-refractivity contribution in [2.24, 2.45) is 0 Å². The highest BCUT2D eigenvalue weighted by Gasteiger charge is 2.11. The molecule has 0 heterocycles. The van der Waals surface area contributed by atoms with Gasteiger partial charge in [0.2, 0.25) is 0 Å². The second-order valence-corrected chi connectivity index (χ2v) is 3.97. The van der Waals surface area contributed by atoms with E-state index in [1.807, 2.05) is 0 Å². The Labute approximate surface area is 87.9 Å². The van der Waals surface area contributed by atoms with Crippen molar-refractivity contribution in [3.63, 3.8) is 0 Å². The number of hydrogen-bond acceptors (Lipinski definition) is 1. The number of carbonyl (C=O) groups excluding carboxylic acids is 1. The summed E-state index contributed by atoms with van der Waals surface area (Å²) < 4.78 is 0. The number of unbranched alkanes of at least 4 members (excludes halogenated alkanes) is 1. The zero-order chi connectivity index (χ0) is 11.0. The van der Waals surface area contributed by atoms with Crippen LogP contribution >= 0.6 is 0 Å². The van der Waals surface area contributed by atoms with Gasteiger partial charge < -0.3 is 10.2 Å². The normalized spacial score (nSPS) is 12.3. The molecule has 14 heavy (non-hydrogen) atoms. The molecule has 0 aliphatic heterocycles. The summed E-state index contributed by atoms with van der Waals surface area (Å²) in [5.41, 5.74) is 0. The third-order valence-corrected chi connectivity index (χ3v) is 2.28. The summed E-state index contributed by atoms with van der Waals surface area (Å²) in [6.45, 7) is 4.33. The number of nitrogens with one attached hydrogen (secondary N) is 1. The van der Waals surface area contributed by atoms with Gasteiger partial charge in [-0.3, -0.25) is 0 Å². The summed E-state index contributed by atoms with van der Waals surface area (Å²) in [7, 11) is 3.55. The van der Waals surface area contributed by atoms with Crippen LogP contribution in [0.4, 0.5) is 4.79 Å². The second-order valence-electron chi connectivity index (χ2n) is 3.97. The van der Waals surface area contributed by atoms with E-state index >= 15 is 0 Å². The van der Waals surface area contributed by atoms with E-state index in [0.29, 0.717) is 6.04 Å². The first-order chi connectivity index (χ1) is 6.61. The lowest BCUT2D eigenvalue weighted by atomic mass is 10.1. The lowest BCUT2D eigenvalue weighted by Gasteiger charge is -2.20. The SMILES string of the molecule is CCCCC(CCC)NC(=O)N(C)C. The van der Waals surface area contributed by atoms with Crippen LogP contribution in [0.3, 0.4) is 0 Å². The second kappa shape index (κ2) is 7.65. The fraction of sp³-hybridized carbons (Fsp3) is 0.909. The molecule has 84 valence electrons. The molecule has 1 N–H and O–H groups in total. The zero-order valence-corrected chi connectivity index (χ0v) is 9.97. The van der Waals surface area contributed by atoms with Gasteiger partial charge in [-0.25, -0.2) is 4.79 Å². The highest BCUT2D eigenvalue weighted by molar-refractivity contribution is 5.73. The van der Waals surface area contributed by atoms with Gasteiger partial charge in [0.1, 0.15) is 0 Å². The molecule has 0 saturated heterocycles. The van der Waals surface area contributed by atoms with Crippen LogP contribution in [0.2, 0.25) is 0 Å². The van der Waals surface area contributed by atoms with Gasteiger partial charge >= 0.3 is 6.03 Å². The Morgan fingerprint density at radius 2 is 1.86 bits per heavy atom. The Morgan fingerprint density at radius 1 is 1.21 bits per heavy atom. The summed E-state index contributed by atoms with van der Waals surface area (Å²) >= 11 is 0. The summed E-state index contributed by atoms with van der Waals surface area (Å²) in [4.78, 5) is 13.0. The standard InChI is InChI=1S/C11H24N2O/c1-5-7-9-10(8-6-2)12-11(14)13(3)4/h10H,5-9H2,1-4H3,(H,12,14). The van der Waals surface area contributed by atoms with E-state index in [-0.39, 0.29) is 6.03 Å². The summed E-state index contributed by atoms with van der Waals surface area (Å²) in [5.74, 6) is 0. The molecule has 2 amide bonds. The fourth-order valence-electron chi connectivity index (χ4n) is 1.39. The molecular formula is C11H24N2O. The molecular weight excluding hydrogens is 176 g/mol. The molecule has 0 aliphatic rings. The van der Waals surface area contributed by atoms with Crippen LogP contribution in [0.25, 0.3) is 0 Å². The average Bonchev–Trinajstić information content (AvgIpc) is 2.14. The first-order valence-corrected chi connectivity index (χ1v) is 5.59. The number of rotatable bonds is 6. The van der Waals surface area contributed by atoms with Crippen molar-refractivity contribution in [2.75, 3.05) is 14.1 Å². The fourth-order valence-corrected chi connectivity index (χ4v) is 1.39.